The Morgan fingerprint density at radius 2 is 1.37 bits per heavy atom. The van der Waals surface area contributed by atoms with Crippen molar-refractivity contribution in [2.45, 2.75) is 19.2 Å². The van der Waals surface area contributed by atoms with Crippen molar-refractivity contribution in [3.63, 3.8) is 0 Å². The fourth-order valence-corrected chi connectivity index (χ4v) is 3.68. The molecule has 3 rings (SSSR count). The van der Waals surface area contributed by atoms with Gasteiger partial charge < -0.3 is 9.64 Å². The second-order valence-electron chi connectivity index (χ2n) is 7.60. The lowest BCUT2D eigenvalue weighted by atomic mass is 10.1. The van der Waals surface area contributed by atoms with Crippen molar-refractivity contribution < 1.29 is 4.74 Å². The first-order valence-corrected chi connectivity index (χ1v) is 9.97. The summed E-state index contributed by atoms with van der Waals surface area (Å²) in [6.07, 6.45) is 0.223. The molecule has 0 bridgehead atoms. The van der Waals surface area contributed by atoms with Crippen LogP contribution in [-0.2, 0) is 17.8 Å². The normalized spacial score (nSPS) is 17.3. The van der Waals surface area contributed by atoms with Crippen molar-refractivity contribution in [3.8, 4) is 0 Å². The summed E-state index contributed by atoms with van der Waals surface area (Å²) in [6.45, 7) is 8.39. The molecule has 0 N–H and O–H groups in total. The zero-order valence-corrected chi connectivity index (χ0v) is 16.8. The molecule has 0 aliphatic carbocycles. The van der Waals surface area contributed by atoms with E-state index in [0.29, 0.717) is 0 Å². The molecule has 0 aromatic heterocycles. The van der Waals surface area contributed by atoms with E-state index in [-0.39, 0.29) is 6.10 Å². The van der Waals surface area contributed by atoms with Gasteiger partial charge in [0.2, 0.25) is 0 Å². The van der Waals surface area contributed by atoms with E-state index in [1.54, 1.807) is 0 Å². The molecule has 1 saturated heterocycles. The lowest BCUT2D eigenvalue weighted by molar-refractivity contribution is 0.0201. The van der Waals surface area contributed by atoms with Crippen LogP contribution in [0.1, 0.15) is 11.1 Å². The molecule has 4 nitrogen and oxygen atoms in total. The molecule has 1 unspecified atom stereocenters. The van der Waals surface area contributed by atoms with Crippen molar-refractivity contribution in [2.75, 3.05) is 53.4 Å². The van der Waals surface area contributed by atoms with Crippen LogP contribution in [-0.4, -0.2) is 74.2 Å². The molecule has 1 aliphatic heterocycles. The van der Waals surface area contributed by atoms with Gasteiger partial charge in [-0.2, -0.15) is 0 Å². The van der Waals surface area contributed by atoms with Crippen LogP contribution in [0.4, 0.5) is 0 Å². The second-order valence-corrected chi connectivity index (χ2v) is 7.60. The van der Waals surface area contributed by atoms with Gasteiger partial charge in [-0.1, -0.05) is 60.7 Å². The average Bonchev–Trinajstić information content (AvgIpc) is 2.70. The van der Waals surface area contributed by atoms with Gasteiger partial charge in [0.15, 0.2) is 0 Å². The fourth-order valence-electron chi connectivity index (χ4n) is 3.68. The molecule has 1 heterocycles. The van der Waals surface area contributed by atoms with Crippen LogP contribution in [0.5, 0.6) is 0 Å². The number of likely N-dealkylation sites (N-methyl/N-ethyl adjacent to an activating group) is 1. The molecular weight excluding hydrogens is 334 g/mol. The van der Waals surface area contributed by atoms with Gasteiger partial charge in [0.25, 0.3) is 0 Å². The van der Waals surface area contributed by atoms with E-state index in [4.69, 9.17) is 4.74 Å². The Kier molecular flexibility index (Phi) is 7.84. The number of benzene rings is 2. The third-order valence-corrected chi connectivity index (χ3v) is 5.35. The average molecular weight is 368 g/mol. The van der Waals surface area contributed by atoms with Crippen LogP contribution in [0.15, 0.2) is 60.7 Å². The van der Waals surface area contributed by atoms with Crippen molar-refractivity contribution in [1.29, 1.82) is 0 Å². The van der Waals surface area contributed by atoms with E-state index in [0.717, 1.165) is 52.4 Å². The summed E-state index contributed by atoms with van der Waals surface area (Å²) in [4.78, 5) is 7.45. The molecule has 1 aliphatic rings. The number of ether oxygens (including phenoxy) is 1. The summed E-state index contributed by atoms with van der Waals surface area (Å²) in [5, 5.41) is 0. The molecule has 27 heavy (non-hydrogen) atoms. The highest BCUT2D eigenvalue weighted by Gasteiger charge is 2.20. The summed E-state index contributed by atoms with van der Waals surface area (Å²) in [6, 6.07) is 21.5. The van der Waals surface area contributed by atoms with Crippen molar-refractivity contribution in [1.82, 2.24) is 14.7 Å². The van der Waals surface area contributed by atoms with Crippen LogP contribution < -0.4 is 0 Å². The van der Waals surface area contributed by atoms with Crippen LogP contribution in [0.2, 0.25) is 0 Å². The predicted molar refractivity (Wildman–Crippen MR) is 112 cm³/mol. The van der Waals surface area contributed by atoms with E-state index in [1.807, 2.05) is 7.11 Å². The minimum atomic E-state index is 0.223. The van der Waals surface area contributed by atoms with Crippen LogP contribution in [0.3, 0.4) is 0 Å². The summed E-state index contributed by atoms with van der Waals surface area (Å²) < 4.78 is 5.89. The second kappa shape index (κ2) is 10.6. The third kappa shape index (κ3) is 6.74. The number of nitrogens with zero attached hydrogens (tertiary/aromatic N) is 3. The number of piperazine rings is 1. The summed E-state index contributed by atoms with van der Waals surface area (Å²) >= 11 is 0. The molecule has 1 fully saturated rings. The van der Waals surface area contributed by atoms with Crippen molar-refractivity contribution in [3.05, 3.63) is 71.8 Å². The third-order valence-electron chi connectivity index (χ3n) is 5.35. The maximum atomic E-state index is 5.89. The Morgan fingerprint density at radius 1 is 0.852 bits per heavy atom. The first-order valence-electron chi connectivity index (χ1n) is 9.97. The molecule has 4 heteroatoms. The predicted octanol–water partition coefficient (Wildman–Crippen LogP) is 2.95. The molecule has 0 saturated carbocycles. The van der Waals surface area contributed by atoms with E-state index >= 15 is 0 Å². The first-order chi connectivity index (χ1) is 13.2. The molecule has 2 aromatic rings. The lowest BCUT2D eigenvalue weighted by Gasteiger charge is -2.35. The Morgan fingerprint density at radius 3 is 1.85 bits per heavy atom. The van der Waals surface area contributed by atoms with Gasteiger partial charge in [0.05, 0.1) is 6.10 Å². The number of hydrogen-bond acceptors (Lipinski definition) is 4. The molecule has 0 amide bonds. The van der Waals surface area contributed by atoms with Gasteiger partial charge in [-0.05, 0) is 18.2 Å². The van der Waals surface area contributed by atoms with Gasteiger partial charge in [-0.15, -0.1) is 0 Å². The van der Waals surface area contributed by atoms with Crippen molar-refractivity contribution >= 4 is 0 Å². The summed E-state index contributed by atoms with van der Waals surface area (Å²) in [5.74, 6) is 0. The van der Waals surface area contributed by atoms with E-state index in [1.165, 1.54) is 11.1 Å². The van der Waals surface area contributed by atoms with E-state index in [2.05, 4.69) is 82.4 Å². The largest absolute Gasteiger partial charge is 0.379 e. The zero-order chi connectivity index (χ0) is 18.9. The van der Waals surface area contributed by atoms with E-state index in [9.17, 15) is 0 Å². The molecule has 0 radical (unpaired) electrons. The minimum absolute atomic E-state index is 0.223. The van der Waals surface area contributed by atoms with Gasteiger partial charge in [0.1, 0.15) is 0 Å². The summed E-state index contributed by atoms with van der Waals surface area (Å²) in [5.41, 5.74) is 2.70. The molecular formula is C23H33N3O. The zero-order valence-electron chi connectivity index (χ0n) is 16.8. The summed E-state index contributed by atoms with van der Waals surface area (Å²) in [7, 11) is 4.05. The lowest BCUT2D eigenvalue weighted by Crippen LogP contribution is -2.49. The topological polar surface area (TPSA) is 19.0 Å². The van der Waals surface area contributed by atoms with Crippen LogP contribution in [0.25, 0.3) is 0 Å². The Labute approximate surface area is 164 Å². The van der Waals surface area contributed by atoms with Crippen LogP contribution >= 0.6 is 0 Å². The number of rotatable bonds is 9. The molecule has 1 atom stereocenters. The smallest absolute Gasteiger partial charge is 0.0825 e. The number of methoxy groups -OCH3 is 1. The van der Waals surface area contributed by atoms with Gasteiger partial charge >= 0.3 is 0 Å². The van der Waals surface area contributed by atoms with Gasteiger partial charge in [-0.3, -0.25) is 9.80 Å². The van der Waals surface area contributed by atoms with Gasteiger partial charge in [-0.25, -0.2) is 0 Å². The monoisotopic (exact) mass is 367 g/mol. The Hall–Kier alpha value is -1.72. The molecule has 0 spiro atoms. The SMILES string of the molecule is COC(CN1CCN(C)CC1)CN(Cc1ccccc1)Cc1ccccc1. The maximum absolute atomic E-state index is 5.89. The highest BCUT2D eigenvalue weighted by atomic mass is 16.5. The first kappa shape index (κ1) is 20.0. The quantitative estimate of drug-likeness (QED) is 0.678. The highest BCUT2D eigenvalue weighted by Crippen LogP contribution is 2.12. The van der Waals surface area contributed by atoms with Crippen LogP contribution in [0, 0.1) is 0 Å². The maximum Gasteiger partial charge on any atom is 0.0825 e. The highest BCUT2D eigenvalue weighted by molar-refractivity contribution is 5.17. The molecule has 146 valence electrons. The van der Waals surface area contributed by atoms with Gasteiger partial charge in [0, 0.05) is 59.5 Å². The standard InChI is InChI=1S/C23H33N3O/c1-24-13-15-25(16-14-24)19-23(27-2)20-26(17-21-9-5-3-6-10-21)18-22-11-7-4-8-12-22/h3-12,23H,13-20H2,1-2H3. The molecule has 2 aromatic carbocycles. The number of hydrogen-bond donors (Lipinski definition) is 0. The Balaban J connectivity index is 1.63. The van der Waals surface area contributed by atoms with E-state index < -0.39 is 0 Å². The fraction of sp³-hybridized carbons (Fsp3) is 0.478. The van der Waals surface area contributed by atoms with Crippen molar-refractivity contribution in [2.24, 2.45) is 0 Å². The Bertz CT molecular complexity index is 600. The minimum Gasteiger partial charge on any atom is -0.379 e.